The number of hydrogen-bond donors (Lipinski definition) is 1. The van der Waals surface area contributed by atoms with Gasteiger partial charge in [-0.15, -0.1) is 6.58 Å². The standard InChI is InChI=1S/C13H26N2O2/c1-5-7-9-11-17-12(16)13(3,14)15(4)10-8-6-2/h6H,2,5,7-11,14H2,1,3-4H3. The summed E-state index contributed by atoms with van der Waals surface area (Å²) in [4.78, 5) is 13.6. The maximum atomic E-state index is 11.8. The van der Waals surface area contributed by atoms with Gasteiger partial charge < -0.3 is 10.5 Å². The molecule has 0 amide bonds. The lowest BCUT2D eigenvalue weighted by atomic mass is 10.2. The summed E-state index contributed by atoms with van der Waals surface area (Å²) in [7, 11) is 1.82. The molecule has 0 rings (SSSR count). The molecule has 4 nitrogen and oxygen atoms in total. The number of carbonyl (C=O) groups excluding carboxylic acids is 1. The number of nitrogens with two attached hydrogens (primary N) is 1. The van der Waals surface area contributed by atoms with Gasteiger partial charge in [0.25, 0.3) is 0 Å². The number of esters is 1. The molecule has 0 radical (unpaired) electrons. The number of likely N-dealkylation sites (N-methyl/N-ethyl adjacent to an activating group) is 1. The lowest BCUT2D eigenvalue weighted by molar-refractivity contribution is -0.156. The fourth-order valence-electron chi connectivity index (χ4n) is 1.34. The summed E-state index contributed by atoms with van der Waals surface area (Å²) in [6.45, 7) is 8.58. The number of nitrogens with zero attached hydrogens (tertiary/aromatic N) is 1. The molecule has 17 heavy (non-hydrogen) atoms. The van der Waals surface area contributed by atoms with E-state index in [1.807, 2.05) is 7.05 Å². The van der Waals surface area contributed by atoms with Crippen LogP contribution in [0.2, 0.25) is 0 Å². The van der Waals surface area contributed by atoms with E-state index >= 15 is 0 Å². The molecule has 100 valence electrons. The predicted molar refractivity (Wildman–Crippen MR) is 70.5 cm³/mol. The Morgan fingerprint density at radius 3 is 2.71 bits per heavy atom. The maximum absolute atomic E-state index is 11.8. The fraction of sp³-hybridized carbons (Fsp3) is 0.769. The van der Waals surface area contributed by atoms with Gasteiger partial charge in [0.05, 0.1) is 6.61 Å². The molecule has 0 aliphatic carbocycles. The molecular weight excluding hydrogens is 216 g/mol. The third-order valence-corrected chi connectivity index (χ3v) is 2.86. The van der Waals surface area contributed by atoms with Crippen LogP contribution in [0, 0.1) is 0 Å². The van der Waals surface area contributed by atoms with Crippen LogP contribution >= 0.6 is 0 Å². The summed E-state index contributed by atoms with van der Waals surface area (Å²) in [5.74, 6) is -0.361. The monoisotopic (exact) mass is 242 g/mol. The van der Waals surface area contributed by atoms with Crippen LogP contribution in [0.3, 0.4) is 0 Å². The molecule has 0 heterocycles. The minimum atomic E-state index is -1.06. The van der Waals surface area contributed by atoms with Gasteiger partial charge in [0.1, 0.15) is 0 Å². The van der Waals surface area contributed by atoms with Gasteiger partial charge in [-0.25, -0.2) is 4.79 Å². The molecular formula is C13H26N2O2. The first-order valence-electron chi connectivity index (χ1n) is 6.25. The Labute approximate surface area is 105 Å². The number of carbonyl (C=O) groups is 1. The van der Waals surface area contributed by atoms with Crippen LogP contribution in [-0.2, 0) is 9.53 Å². The second-order valence-electron chi connectivity index (χ2n) is 4.49. The van der Waals surface area contributed by atoms with Gasteiger partial charge in [0, 0.05) is 6.54 Å². The summed E-state index contributed by atoms with van der Waals surface area (Å²) in [6, 6.07) is 0. The van der Waals surface area contributed by atoms with E-state index < -0.39 is 5.66 Å². The highest BCUT2D eigenvalue weighted by Crippen LogP contribution is 2.09. The van der Waals surface area contributed by atoms with Gasteiger partial charge in [-0.1, -0.05) is 25.8 Å². The molecule has 0 aliphatic heterocycles. The van der Waals surface area contributed by atoms with Gasteiger partial charge in [-0.3, -0.25) is 4.90 Å². The van der Waals surface area contributed by atoms with Crippen molar-refractivity contribution in [2.24, 2.45) is 5.73 Å². The third-order valence-electron chi connectivity index (χ3n) is 2.86. The van der Waals surface area contributed by atoms with E-state index in [4.69, 9.17) is 10.5 Å². The average Bonchev–Trinajstić information content (AvgIpc) is 2.31. The zero-order valence-electron chi connectivity index (χ0n) is 11.4. The highest BCUT2D eigenvalue weighted by Gasteiger charge is 2.34. The molecule has 0 spiro atoms. The number of unbranched alkanes of at least 4 members (excludes halogenated alkanes) is 2. The lowest BCUT2D eigenvalue weighted by Gasteiger charge is -2.32. The van der Waals surface area contributed by atoms with E-state index in [0.29, 0.717) is 13.2 Å². The van der Waals surface area contributed by atoms with Crippen molar-refractivity contribution in [3.63, 3.8) is 0 Å². The summed E-state index contributed by atoms with van der Waals surface area (Å²) in [5, 5.41) is 0. The van der Waals surface area contributed by atoms with Crippen LogP contribution in [0.25, 0.3) is 0 Å². The largest absolute Gasteiger partial charge is 0.463 e. The first-order valence-corrected chi connectivity index (χ1v) is 6.25. The molecule has 0 aliphatic rings. The summed E-state index contributed by atoms with van der Waals surface area (Å²) in [6.07, 6.45) is 5.68. The van der Waals surface area contributed by atoms with Gasteiger partial charge >= 0.3 is 5.97 Å². The smallest absolute Gasteiger partial charge is 0.341 e. The molecule has 4 heteroatoms. The molecule has 0 fully saturated rings. The number of hydrogen-bond acceptors (Lipinski definition) is 4. The van der Waals surface area contributed by atoms with Crippen LogP contribution in [0.1, 0.15) is 39.5 Å². The topological polar surface area (TPSA) is 55.6 Å². The summed E-state index contributed by atoms with van der Waals surface area (Å²) in [5.41, 5.74) is 4.92. The van der Waals surface area contributed by atoms with Crippen molar-refractivity contribution in [2.45, 2.75) is 45.2 Å². The SMILES string of the molecule is C=CCCN(C)C(C)(N)C(=O)OCCCCC. The van der Waals surface area contributed by atoms with Crippen LogP contribution in [0.15, 0.2) is 12.7 Å². The Morgan fingerprint density at radius 2 is 2.18 bits per heavy atom. The Kier molecular flexibility index (Phi) is 7.83. The van der Waals surface area contributed by atoms with Crippen molar-refractivity contribution in [3.05, 3.63) is 12.7 Å². The first kappa shape index (κ1) is 16.1. The van der Waals surface area contributed by atoms with Gasteiger partial charge in [-0.05, 0) is 26.8 Å². The molecule has 0 aromatic carbocycles. The average molecular weight is 242 g/mol. The zero-order chi connectivity index (χ0) is 13.3. The number of rotatable bonds is 9. The minimum Gasteiger partial charge on any atom is -0.463 e. The van der Waals surface area contributed by atoms with E-state index in [9.17, 15) is 4.79 Å². The van der Waals surface area contributed by atoms with Crippen molar-refractivity contribution in [2.75, 3.05) is 20.2 Å². The minimum absolute atomic E-state index is 0.361. The molecule has 0 saturated heterocycles. The van der Waals surface area contributed by atoms with Crippen molar-refractivity contribution in [3.8, 4) is 0 Å². The molecule has 0 bridgehead atoms. The van der Waals surface area contributed by atoms with E-state index in [-0.39, 0.29) is 5.97 Å². The Morgan fingerprint density at radius 1 is 1.53 bits per heavy atom. The van der Waals surface area contributed by atoms with Crippen molar-refractivity contribution >= 4 is 5.97 Å². The molecule has 1 unspecified atom stereocenters. The number of ether oxygens (including phenoxy) is 1. The highest BCUT2D eigenvalue weighted by molar-refractivity contribution is 5.79. The van der Waals surface area contributed by atoms with E-state index in [2.05, 4.69) is 13.5 Å². The fourth-order valence-corrected chi connectivity index (χ4v) is 1.34. The van der Waals surface area contributed by atoms with Gasteiger partial charge in [-0.2, -0.15) is 0 Å². The van der Waals surface area contributed by atoms with Crippen LogP contribution in [0.4, 0.5) is 0 Å². The van der Waals surface area contributed by atoms with Crippen molar-refractivity contribution < 1.29 is 9.53 Å². The van der Waals surface area contributed by atoms with Gasteiger partial charge in [0.2, 0.25) is 0 Å². The normalized spacial score (nSPS) is 14.4. The second-order valence-corrected chi connectivity index (χ2v) is 4.49. The van der Waals surface area contributed by atoms with E-state index in [1.165, 1.54) is 0 Å². The first-order chi connectivity index (χ1) is 7.96. The molecule has 0 aromatic heterocycles. The maximum Gasteiger partial charge on any atom is 0.341 e. The predicted octanol–water partition coefficient (Wildman–Crippen LogP) is 1.90. The molecule has 0 saturated carbocycles. The van der Waals surface area contributed by atoms with Gasteiger partial charge in [0.15, 0.2) is 5.66 Å². The zero-order valence-corrected chi connectivity index (χ0v) is 11.4. The van der Waals surface area contributed by atoms with Crippen LogP contribution < -0.4 is 5.73 Å². The Balaban J connectivity index is 4.09. The molecule has 1 atom stereocenters. The van der Waals surface area contributed by atoms with Crippen molar-refractivity contribution in [1.29, 1.82) is 0 Å². The molecule has 2 N–H and O–H groups in total. The summed E-state index contributed by atoms with van der Waals surface area (Å²) < 4.78 is 5.18. The Hall–Kier alpha value is -0.870. The summed E-state index contributed by atoms with van der Waals surface area (Å²) >= 11 is 0. The van der Waals surface area contributed by atoms with Crippen LogP contribution in [-0.4, -0.2) is 36.7 Å². The van der Waals surface area contributed by atoms with E-state index in [0.717, 1.165) is 25.7 Å². The third kappa shape index (κ3) is 5.84. The molecule has 0 aromatic rings. The Bertz CT molecular complexity index is 240. The van der Waals surface area contributed by atoms with Crippen LogP contribution in [0.5, 0.6) is 0 Å². The van der Waals surface area contributed by atoms with E-state index in [1.54, 1.807) is 17.9 Å². The quantitative estimate of drug-likeness (QED) is 0.290. The highest BCUT2D eigenvalue weighted by atomic mass is 16.5. The lowest BCUT2D eigenvalue weighted by Crippen LogP contribution is -2.58. The van der Waals surface area contributed by atoms with Crippen molar-refractivity contribution in [1.82, 2.24) is 4.90 Å². The second kappa shape index (κ2) is 8.25.